The maximum absolute atomic E-state index is 5.62. The molecule has 0 heterocycles. The van der Waals surface area contributed by atoms with Crippen LogP contribution >= 0.6 is 0 Å². The minimum Gasteiger partial charge on any atom is -0.496 e. The van der Waals surface area contributed by atoms with Crippen LogP contribution in [0, 0.1) is 0 Å². The second-order valence-corrected chi connectivity index (χ2v) is 4.27. The lowest BCUT2D eigenvalue weighted by molar-refractivity contribution is 0.410. The van der Waals surface area contributed by atoms with E-state index in [1.54, 1.807) is 14.2 Å². The third-order valence-electron chi connectivity index (χ3n) is 3.09. The molecule has 0 bridgehead atoms. The Balaban J connectivity index is 2.55. The first-order valence-electron chi connectivity index (χ1n) is 6.30. The standard InChI is InChI=1S/C16H19NO2/c1-18-15-6-4-3-5-13(15)14-11-12(9-10-17)7-8-16(14)19-2/h3-8,11H,9-10,17H2,1-2H3. The van der Waals surface area contributed by atoms with Crippen LogP contribution in [0.5, 0.6) is 11.5 Å². The number of ether oxygens (including phenoxy) is 2. The van der Waals surface area contributed by atoms with Crippen molar-refractivity contribution in [1.29, 1.82) is 0 Å². The first kappa shape index (κ1) is 13.4. The van der Waals surface area contributed by atoms with Gasteiger partial charge in [0.15, 0.2) is 0 Å². The topological polar surface area (TPSA) is 44.5 Å². The Labute approximate surface area is 114 Å². The van der Waals surface area contributed by atoms with E-state index < -0.39 is 0 Å². The zero-order chi connectivity index (χ0) is 13.7. The van der Waals surface area contributed by atoms with Crippen molar-refractivity contribution in [2.24, 2.45) is 5.73 Å². The van der Waals surface area contributed by atoms with Crippen molar-refractivity contribution in [2.75, 3.05) is 20.8 Å². The summed E-state index contributed by atoms with van der Waals surface area (Å²) in [4.78, 5) is 0. The van der Waals surface area contributed by atoms with Crippen LogP contribution in [0.25, 0.3) is 11.1 Å². The van der Waals surface area contributed by atoms with Gasteiger partial charge in [0.1, 0.15) is 11.5 Å². The zero-order valence-corrected chi connectivity index (χ0v) is 11.3. The van der Waals surface area contributed by atoms with Crippen LogP contribution in [0.4, 0.5) is 0 Å². The van der Waals surface area contributed by atoms with Gasteiger partial charge in [-0.1, -0.05) is 24.3 Å². The highest BCUT2D eigenvalue weighted by atomic mass is 16.5. The summed E-state index contributed by atoms with van der Waals surface area (Å²) in [6, 6.07) is 14.1. The van der Waals surface area contributed by atoms with Crippen LogP contribution in [-0.2, 0) is 6.42 Å². The largest absolute Gasteiger partial charge is 0.496 e. The van der Waals surface area contributed by atoms with Gasteiger partial charge in [-0.2, -0.15) is 0 Å². The third kappa shape index (κ3) is 2.88. The minimum atomic E-state index is 0.637. The molecular weight excluding hydrogens is 238 g/mol. The van der Waals surface area contributed by atoms with Gasteiger partial charge >= 0.3 is 0 Å². The quantitative estimate of drug-likeness (QED) is 0.895. The predicted octanol–water partition coefficient (Wildman–Crippen LogP) is 2.87. The van der Waals surface area contributed by atoms with Crippen molar-refractivity contribution >= 4 is 0 Å². The Kier molecular flexibility index (Phi) is 4.42. The average molecular weight is 257 g/mol. The van der Waals surface area contributed by atoms with Crippen LogP contribution in [0.15, 0.2) is 42.5 Å². The Hall–Kier alpha value is -2.00. The Morgan fingerprint density at radius 1 is 0.895 bits per heavy atom. The Morgan fingerprint density at radius 2 is 1.58 bits per heavy atom. The van der Waals surface area contributed by atoms with Crippen LogP contribution in [-0.4, -0.2) is 20.8 Å². The summed E-state index contributed by atoms with van der Waals surface area (Å²) in [5.41, 5.74) is 8.88. The molecule has 0 aliphatic rings. The number of hydrogen-bond donors (Lipinski definition) is 1. The first-order chi connectivity index (χ1) is 9.30. The fourth-order valence-electron chi connectivity index (χ4n) is 2.15. The van der Waals surface area contributed by atoms with E-state index >= 15 is 0 Å². The molecule has 2 aromatic rings. The maximum atomic E-state index is 5.62. The van der Waals surface area contributed by atoms with E-state index in [0.29, 0.717) is 6.54 Å². The molecule has 100 valence electrons. The van der Waals surface area contributed by atoms with Crippen molar-refractivity contribution in [3.05, 3.63) is 48.0 Å². The molecule has 2 N–H and O–H groups in total. The van der Waals surface area contributed by atoms with Gasteiger partial charge in [-0.25, -0.2) is 0 Å². The number of rotatable bonds is 5. The van der Waals surface area contributed by atoms with Gasteiger partial charge in [0.2, 0.25) is 0 Å². The molecule has 0 fully saturated rings. The molecule has 0 saturated carbocycles. The molecule has 0 spiro atoms. The number of para-hydroxylation sites is 1. The number of benzene rings is 2. The van der Waals surface area contributed by atoms with Gasteiger partial charge < -0.3 is 15.2 Å². The van der Waals surface area contributed by atoms with Crippen LogP contribution in [0.3, 0.4) is 0 Å². The normalized spacial score (nSPS) is 10.3. The molecule has 0 aliphatic carbocycles. The predicted molar refractivity (Wildman–Crippen MR) is 77.7 cm³/mol. The van der Waals surface area contributed by atoms with Crippen LogP contribution in [0.1, 0.15) is 5.56 Å². The molecule has 0 aliphatic heterocycles. The smallest absolute Gasteiger partial charge is 0.126 e. The highest BCUT2D eigenvalue weighted by Gasteiger charge is 2.11. The van der Waals surface area contributed by atoms with Gasteiger partial charge in [0, 0.05) is 11.1 Å². The number of nitrogens with two attached hydrogens (primary N) is 1. The molecule has 3 nitrogen and oxygen atoms in total. The molecule has 0 radical (unpaired) electrons. The Bertz CT molecular complexity index is 552. The monoisotopic (exact) mass is 257 g/mol. The summed E-state index contributed by atoms with van der Waals surface area (Å²) < 4.78 is 10.9. The van der Waals surface area contributed by atoms with Crippen molar-refractivity contribution in [2.45, 2.75) is 6.42 Å². The van der Waals surface area contributed by atoms with E-state index in [2.05, 4.69) is 6.07 Å². The van der Waals surface area contributed by atoms with Gasteiger partial charge in [0.05, 0.1) is 14.2 Å². The average Bonchev–Trinajstić information content (AvgIpc) is 2.47. The molecule has 3 heteroatoms. The molecular formula is C16H19NO2. The van der Waals surface area contributed by atoms with Crippen molar-refractivity contribution in [3.8, 4) is 22.6 Å². The highest BCUT2D eigenvalue weighted by Crippen LogP contribution is 2.36. The van der Waals surface area contributed by atoms with E-state index in [9.17, 15) is 0 Å². The SMILES string of the molecule is COc1ccccc1-c1cc(CCN)ccc1OC. The Morgan fingerprint density at radius 3 is 2.26 bits per heavy atom. The van der Waals surface area contributed by atoms with Gasteiger partial charge in [-0.3, -0.25) is 0 Å². The second kappa shape index (κ2) is 6.25. The lowest BCUT2D eigenvalue weighted by atomic mass is 9.99. The molecule has 0 saturated heterocycles. The third-order valence-corrected chi connectivity index (χ3v) is 3.09. The van der Waals surface area contributed by atoms with E-state index in [-0.39, 0.29) is 0 Å². The van der Waals surface area contributed by atoms with Gasteiger partial charge in [0.25, 0.3) is 0 Å². The molecule has 0 amide bonds. The lowest BCUT2D eigenvalue weighted by Crippen LogP contribution is -2.03. The van der Waals surface area contributed by atoms with Gasteiger partial charge in [-0.05, 0) is 36.7 Å². The fraction of sp³-hybridized carbons (Fsp3) is 0.250. The summed E-state index contributed by atoms with van der Waals surface area (Å²) in [7, 11) is 3.35. The summed E-state index contributed by atoms with van der Waals surface area (Å²) in [6.45, 7) is 0.637. The summed E-state index contributed by atoms with van der Waals surface area (Å²) in [5.74, 6) is 1.68. The van der Waals surface area contributed by atoms with Crippen LogP contribution in [0.2, 0.25) is 0 Å². The van der Waals surface area contributed by atoms with Gasteiger partial charge in [-0.15, -0.1) is 0 Å². The summed E-state index contributed by atoms with van der Waals surface area (Å²) in [6.07, 6.45) is 0.853. The highest BCUT2D eigenvalue weighted by molar-refractivity contribution is 5.76. The molecule has 0 atom stereocenters. The minimum absolute atomic E-state index is 0.637. The van der Waals surface area contributed by atoms with Crippen LogP contribution < -0.4 is 15.2 Å². The van der Waals surface area contributed by atoms with E-state index in [1.807, 2.05) is 36.4 Å². The fourth-order valence-corrected chi connectivity index (χ4v) is 2.15. The maximum Gasteiger partial charge on any atom is 0.126 e. The zero-order valence-electron chi connectivity index (χ0n) is 11.3. The molecule has 0 aromatic heterocycles. The van der Waals surface area contributed by atoms with E-state index in [4.69, 9.17) is 15.2 Å². The van der Waals surface area contributed by atoms with Crippen molar-refractivity contribution in [3.63, 3.8) is 0 Å². The second-order valence-electron chi connectivity index (χ2n) is 4.27. The summed E-state index contributed by atoms with van der Waals surface area (Å²) >= 11 is 0. The van der Waals surface area contributed by atoms with E-state index in [1.165, 1.54) is 5.56 Å². The lowest BCUT2D eigenvalue weighted by Gasteiger charge is -2.13. The molecule has 2 aromatic carbocycles. The first-order valence-corrected chi connectivity index (χ1v) is 6.30. The van der Waals surface area contributed by atoms with E-state index in [0.717, 1.165) is 29.0 Å². The van der Waals surface area contributed by atoms with Crippen molar-refractivity contribution < 1.29 is 9.47 Å². The molecule has 19 heavy (non-hydrogen) atoms. The molecule has 2 rings (SSSR count). The number of hydrogen-bond acceptors (Lipinski definition) is 3. The van der Waals surface area contributed by atoms with Crippen molar-refractivity contribution in [1.82, 2.24) is 0 Å². The number of methoxy groups -OCH3 is 2. The molecule has 0 unspecified atom stereocenters. The summed E-state index contributed by atoms with van der Waals surface area (Å²) in [5, 5.41) is 0.